The first kappa shape index (κ1) is 10.7. The zero-order chi connectivity index (χ0) is 10.1. The molecule has 2 rings (SSSR count). The van der Waals surface area contributed by atoms with Crippen molar-refractivity contribution in [3.63, 3.8) is 0 Å². The van der Waals surface area contributed by atoms with Gasteiger partial charge in [0.25, 0.3) is 0 Å². The van der Waals surface area contributed by atoms with Gasteiger partial charge in [-0.2, -0.15) is 0 Å². The van der Waals surface area contributed by atoms with Gasteiger partial charge in [0.2, 0.25) is 0 Å². The van der Waals surface area contributed by atoms with Crippen LogP contribution in [0.15, 0.2) is 15.2 Å². The maximum absolute atomic E-state index is 3.65. The number of halogens is 1. The quantitative estimate of drug-likeness (QED) is 0.866. The summed E-state index contributed by atoms with van der Waals surface area (Å²) in [6, 6.07) is 3.62. The fourth-order valence-electron chi connectivity index (χ4n) is 2.38. The Bertz CT molecular complexity index is 310. The minimum atomic E-state index is 0.670. The normalized spacial score (nSPS) is 32.4. The maximum Gasteiger partial charge on any atom is 0.0701 e. The molecule has 2 heterocycles. The third-order valence-electron chi connectivity index (χ3n) is 3.05. The lowest BCUT2D eigenvalue weighted by Gasteiger charge is -2.16. The van der Waals surface area contributed by atoms with Gasteiger partial charge in [-0.05, 0) is 52.7 Å². The van der Waals surface area contributed by atoms with E-state index in [9.17, 15) is 0 Å². The average molecular weight is 274 g/mol. The molecular formula is C11H16BrNS. The summed E-state index contributed by atoms with van der Waals surface area (Å²) < 4.78 is 1.25. The van der Waals surface area contributed by atoms with Crippen molar-refractivity contribution in [2.45, 2.75) is 44.7 Å². The Hall–Kier alpha value is 0.140. The molecule has 0 aromatic carbocycles. The Labute approximate surface area is 98.0 Å². The maximum atomic E-state index is 3.65. The monoisotopic (exact) mass is 273 g/mol. The molecule has 0 bridgehead atoms. The molecule has 1 nitrogen and oxygen atoms in total. The van der Waals surface area contributed by atoms with Gasteiger partial charge >= 0.3 is 0 Å². The minimum absolute atomic E-state index is 0.670. The van der Waals surface area contributed by atoms with Crippen LogP contribution in [0.3, 0.4) is 0 Å². The third kappa shape index (κ3) is 2.05. The van der Waals surface area contributed by atoms with Gasteiger partial charge in [0.15, 0.2) is 0 Å². The van der Waals surface area contributed by atoms with Crippen molar-refractivity contribution >= 4 is 27.3 Å². The van der Waals surface area contributed by atoms with Crippen LogP contribution in [-0.4, -0.2) is 12.1 Å². The lowest BCUT2D eigenvalue weighted by atomic mass is 9.92. The summed E-state index contributed by atoms with van der Waals surface area (Å²) in [5.41, 5.74) is 1.51. The summed E-state index contributed by atoms with van der Waals surface area (Å²) in [5.74, 6) is 0.720. The van der Waals surface area contributed by atoms with Gasteiger partial charge in [-0.3, -0.25) is 0 Å². The van der Waals surface area contributed by atoms with Gasteiger partial charge in [0.1, 0.15) is 0 Å². The van der Waals surface area contributed by atoms with Gasteiger partial charge < -0.3 is 5.32 Å². The zero-order valence-electron chi connectivity index (χ0n) is 8.59. The van der Waals surface area contributed by atoms with E-state index in [2.05, 4.69) is 46.5 Å². The third-order valence-corrected chi connectivity index (χ3v) is 4.57. The fourth-order valence-corrected chi connectivity index (χ4v) is 3.62. The highest BCUT2D eigenvalue weighted by Crippen LogP contribution is 2.35. The first-order valence-corrected chi connectivity index (χ1v) is 6.88. The molecule has 1 aliphatic rings. The van der Waals surface area contributed by atoms with Crippen LogP contribution in [-0.2, 0) is 0 Å². The van der Waals surface area contributed by atoms with E-state index in [1.807, 2.05) is 0 Å². The number of hydrogen-bond acceptors (Lipinski definition) is 2. The molecule has 3 atom stereocenters. The highest BCUT2D eigenvalue weighted by atomic mass is 79.9. The summed E-state index contributed by atoms with van der Waals surface area (Å²) in [5, 5.41) is 5.94. The number of thiophene rings is 1. The Morgan fingerprint density at radius 2 is 2.43 bits per heavy atom. The molecule has 1 aliphatic heterocycles. The molecule has 0 radical (unpaired) electrons. The number of hydrogen-bond donors (Lipinski definition) is 1. The summed E-state index contributed by atoms with van der Waals surface area (Å²) >= 11 is 5.33. The van der Waals surface area contributed by atoms with Crippen molar-refractivity contribution < 1.29 is 0 Å². The first-order chi connectivity index (χ1) is 6.70. The van der Waals surface area contributed by atoms with Crippen molar-refractivity contribution in [3.05, 3.63) is 20.8 Å². The molecule has 1 aromatic heterocycles. The Morgan fingerprint density at radius 3 is 3.00 bits per heavy atom. The highest BCUT2D eigenvalue weighted by Gasteiger charge is 2.31. The second-order valence-electron chi connectivity index (χ2n) is 4.11. The van der Waals surface area contributed by atoms with Crippen molar-refractivity contribution in [3.8, 4) is 0 Å². The second kappa shape index (κ2) is 4.33. The first-order valence-electron chi connectivity index (χ1n) is 5.20. The predicted molar refractivity (Wildman–Crippen MR) is 66.1 cm³/mol. The summed E-state index contributed by atoms with van der Waals surface area (Å²) in [7, 11) is 0. The number of nitrogens with one attached hydrogen (secondary N) is 1. The molecular weight excluding hydrogens is 258 g/mol. The van der Waals surface area contributed by atoms with Crippen molar-refractivity contribution in [2.24, 2.45) is 0 Å². The molecule has 0 spiro atoms. The van der Waals surface area contributed by atoms with Crippen molar-refractivity contribution in [1.29, 1.82) is 0 Å². The van der Waals surface area contributed by atoms with Crippen LogP contribution in [0, 0.1) is 0 Å². The SMILES string of the molecule is CCC1NC(C)CC1c1csc(Br)c1. The van der Waals surface area contributed by atoms with Crippen LogP contribution < -0.4 is 5.32 Å². The Balaban J connectivity index is 2.17. The van der Waals surface area contributed by atoms with E-state index < -0.39 is 0 Å². The van der Waals surface area contributed by atoms with Gasteiger partial charge in [-0.1, -0.05) is 6.92 Å². The van der Waals surface area contributed by atoms with Gasteiger partial charge in [0.05, 0.1) is 3.79 Å². The molecule has 1 saturated heterocycles. The van der Waals surface area contributed by atoms with E-state index in [1.165, 1.54) is 22.2 Å². The van der Waals surface area contributed by atoms with Crippen LogP contribution in [0.5, 0.6) is 0 Å². The van der Waals surface area contributed by atoms with E-state index in [4.69, 9.17) is 0 Å². The Morgan fingerprint density at radius 1 is 1.64 bits per heavy atom. The Kier molecular flexibility index (Phi) is 3.30. The topological polar surface area (TPSA) is 12.0 Å². The van der Waals surface area contributed by atoms with Gasteiger partial charge in [0, 0.05) is 18.0 Å². The molecule has 0 amide bonds. The summed E-state index contributed by atoms with van der Waals surface area (Å²) in [4.78, 5) is 0. The average Bonchev–Trinajstić information content (AvgIpc) is 2.71. The van der Waals surface area contributed by atoms with Crippen LogP contribution in [0.25, 0.3) is 0 Å². The molecule has 14 heavy (non-hydrogen) atoms. The zero-order valence-corrected chi connectivity index (χ0v) is 11.0. The molecule has 1 aromatic rings. The molecule has 3 heteroatoms. The predicted octanol–water partition coefficient (Wildman–Crippen LogP) is 3.75. The second-order valence-corrected chi connectivity index (χ2v) is 6.40. The van der Waals surface area contributed by atoms with Crippen molar-refractivity contribution in [1.82, 2.24) is 5.32 Å². The number of rotatable bonds is 2. The molecule has 1 fully saturated rings. The molecule has 78 valence electrons. The largest absolute Gasteiger partial charge is 0.311 e. The minimum Gasteiger partial charge on any atom is -0.311 e. The van der Waals surface area contributed by atoms with E-state index in [1.54, 1.807) is 11.3 Å². The van der Waals surface area contributed by atoms with Gasteiger partial charge in [-0.25, -0.2) is 0 Å². The fraction of sp³-hybridized carbons (Fsp3) is 0.636. The lowest BCUT2D eigenvalue weighted by molar-refractivity contribution is 0.518. The van der Waals surface area contributed by atoms with Crippen LogP contribution in [0.4, 0.5) is 0 Å². The molecule has 0 aliphatic carbocycles. The van der Waals surface area contributed by atoms with E-state index in [0.717, 1.165) is 5.92 Å². The van der Waals surface area contributed by atoms with Gasteiger partial charge in [-0.15, -0.1) is 11.3 Å². The van der Waals surface area contributed by atoms with Crippen molar-refractivity contribution in [2.75, 3.05) is 0 Å². The van der Waals surface area contributed by atoms with Crippen LogP contribution in [0.1, 0.15) is 38.2 Å². The highest BCUT2D eigenvalue weighted by molar-refractivity contribution is 9.11. The standard InChI is InChI=1S/C11H16BrNS/c1-3-10-9(4-7(2)13-10)8-5-11(12)14-6-8/h5-7,9-10,13H,3-4H2,1-2H3. The van der Waals surface area contributed by atoms with Crippen LogP contribution in [0.2, 0.25) is 0 Å². The summed E-state index contributed by atoms with van der Waals surface area (Å²) in [6.07, 6.45) is 2.50. The molecule has 0 saturated carbocycles. The molecule has 3 unspecified atom stereocenters. The van der Waals surface area contributed by atoms with E-state index >= 15 is 0 Å². The summed E-state index contributed by atoms with van der Waals surface area (Å²) in [6.45, 7) is 4.55. The van der Waals surface area contributed by atoms with E-state index in [0.29, 0.717) is 12.1 Å². The smallest absolute Gasteiger partial charge is 0.0701 e. The molecule has 1 N–H and O–H groups in total. The lowest BCUT2D eigenvalue weighted by Crippen LogP contribution is -2.28. The van der Waals surface area contributed by atoms with E-state index in [-0.39, 0.29) is 0 Å². The van der Waals surface area contributed by atoms with Crippen LogP contribution >= 0.6 is 27.3 Å².